The summed E-state index contributed by atoms with van der Waals surface area (Å²) >= 11 is 0. The summed E-state index contributed by atoms with van der Waals surface area (Å²) in [6.07, 6.45) is 3.98. The molecule has 1 aliphatic carbocycles. The molecule has 4 nitrogen and oxygen atoms in total. The smallest absolute Gasteiger partial charge is 0.303 e. The summed E-state index contributed by atoms with van der Waals surface area (Å²) in [6.45, 7) is 0. The number of aromatic hydroxyl groups is 1. The number of rotatable bonds is 4. The summed E-state index contributed by atoms with van der Waals surface area (Å²) in [5.74, 6) is -0.238. The van der Waals surface area contributed by atoms with Gasteiger partial charge in [0.25, 0.3) is 0 Å². The van der Waals surface area contributed by atoms with Gasteiger partial charge in [-0.1, -0.05) is 6.07 Å². The van der Waals surface area contributed by atoms with Gasteiger partial charge in [-0.15, -0.1) is 0 Å². The Bertz CT molecular complexity index is 598. The second-order valence-electron chi connectivity index (χ2n) is 4.98. The molecular formula is C14H15NO3. The van der Waals surface area contributed by atoms with Crippen LogP contribution >= 0.6 is 0 Å². The van der Waals surface area contributed by atoms with E-state index in [2.05, 4.69) is 4.98 Å². The van der Waals surface area contributed by atoms with Gasteiger partial charge in [-0.05, 0) is 36.5 Å². The molecule has 2 aromatic rings. The highest BCUT2D eigenvalue weighted by molar-refractivity contribution is 5.87. The van der Waals surface area contributed by atoms with E-state index in [9.17, 15) is 9.90 Å². The zero-order chi connectivity index (χ0) is 12.7. The summed E-state index contributed by atoms with van der Waals surface area (Å²) in [4.78, 5) is 14.0. The number of carbonyl (C=O) groups is 1. The van der Waals surface area contributed by atoms with Crippen molar-refractivity contribution in [3.05, 3.63) is 30.0 Å². The summed E-state index contributed by atoms with van der Waals surface area (Å²) < 4.78 is 0. The zero-order valence-corrected chi connectivity index (χ0v) is 9.89. The largest absolute Gasteiger partial charge is 0.507 e. The maximum absolute atomic E-state index is 11.0. The van der Waals surface area contributed by atoms with Crippen molar-refractivity contribution in [3.8, 4) is 5.75 Å². The number of aliphatic carboxylic acids is 1. The molecular weight excluding hydrogens is 230 g/mol. The van der Waals surface area contributed by atoms with Crippen LogP contribution < -0.4 is 0 Å². The average Bonchev–Trinajstić information content (AvgIpc) is 3.05. The third-order valence-corrected chi connectivity index (χ3v) is 3.72. The fourth-order valence-electron chi connectivity index (χ4n) is 2.65. The Hall–Kier alpha value is -1.97. The molecule has 1 unspecified atom stereocenters. The molecule has 1 fully saturated rings. The second kappa shape index (κ2) is 4.05. The normalized spacial score (nSPS) is 16.9. The Morgan fingerprint density at radius 2 is 2.17 bits per heavy atom. The number of benzene rings is 1. The lowest BCUT2D eigenvalue weighted by molar-refractivity contribution is -0.137. The van der Waals surface area contributed by atoms with Crippen molar-refractivity contribution in [3.63, 3.8) is 0 Å². The number of nitrogens with one attached hydrogen (secondary N) is 1. The van der Waals surface area contributed by atoms with Crippen molar-refractivity contribution in [1.29, 1.82) is 0 Å². The van der Waals surface area contributed by atoms with Gasteiger partial charge in [-0.25, -0.2) is 0 Å². The first-order valence-corrected chi connectivity index (χ1v) is 6.17. The van der Waals surface area contributed by atoms with E-state index in [4.69, 9.17) is 5.11 Å². The molecule has 1 saturated carbocycles. The minimum atomic E-state index is -0.805. The summed E-state index contributed by atoms with van der Waals surface area (Å²) in [7, 11) is 0. The molecule has 3 rings (SSSR count). The standard InChI is InChI=1S/C14H15NO3/c16-13(17)7-11(8-1-2-8)9-3-4-12-10(14(9)18)5-6-15-12/h3-6,8,11,15,18H,1-2,7H2,(H,16,17). The fraction of sp³-hybridized carbons (Fsp3) is 0.357. The van der Waals surface area contributed by atoms with Crippen molar-refractivity contribution < 1.29 is 15.0 Å². The Labute approximate surface area is 104 Å². The Kier molecular flexibility index (Phi) is 2.51. The monoisotopic (exact) mass is 245 g/mol. The van der Waals surface area contributed by atoms with E-state index in [-0.39, 0.29) is 18.1 Å². The number of carboxylic acids is 1. The lowest BCUT2D eigenvalue weighted by atomic mass is 9.89. The molecule has 3 N–H and O–H groups in total. The first-order valence-electron chi connectivity index (χ1n) is 6.17. The number of phenolic OH excluding ortho intramolecular Hbond substituents is 1. The van der Waals surface area contributed by atoms with Gasteiger partial charge in [0.2, 0.25) is 0 Å². The number of H-pyrrole nitrogens is 1. The number of phenols is 1. The summed E-state index contributed by atoms with van der Waals surface area (Å²) in [6, 6.07) is 5.57. The number of fused-ring (bicyclic) bond motifs is 1. The lowest BCUT2D eigenvalue weighted by Crippen LogP contribution is -2.08. The Balaban J connectivity index is 2.05. The molecule has 18 heavy (non-hydrogen) atoms. The van der Waals surface area contributed by atoms with Crippen LogP contribution in [0.2, 0.25) is 0 Å². The Morgan fingerprint density at radius 1 is 1.39 bits per heavy atom. The highest BCUT2D eigenvalue weighted by Crippen LogP contribution is 2.48. The van der Waals surface area contributed by atoms with Crippen LogP contribution in [-0.4, -0.2) is 21.2 Å². The first kappa shape index (κ1) is 11.1. The maximum Gasteiger partial charge on any atom is 0.303 e. The fourth-order valence-corrected chi connectivity index (χ4v) is 2.65. The van der Waals surface area contributed by atoms with Gasteiger partial charge in [0, 0.05) is 23.0 Å². The van der Waals surface area contributed by atoms with E-state index >= 15 is 0 Å². The predicted molar refractivity (Wildman–Crippen MR) is 67.7 cm³/mol. The zero-order valence-electron chi connectivity index (χ0n) is 9.89. The van der Waals surface area contributed by atoms with Crippen molar-refractivity contribution in [2.45, 2.75) is 25.2 Å². The molecule has 0 spiro atoms. The van der Waals surface area contributed by atoms with Gasteiger partial charge in [0.15, 0.2) is 0 Å². The van der Waals surface area contributed by atoms with Crippen molar-refractivity contribution in [2.75, 3.05) is 0 Å². The van der Waals surface area contributed by atoms with Crippen LogP contribution in [0.3, 0.4) is 0 Å². The molecule has 94 valence electrons. The number of hydrogen-bond donors (Lipinski definition) is 3. The van der Waals surface area contributed by atoms with Crippen LogP contribution in [0.15, 0.2) is 24.4 Å². The van der Waals surface area contributed by atoms with Crippen LogP contribution in [0.4, 0.5) is 0 Å². The molecule has 0 bridgehead atoms. The van der Waals surface area contributed by atoms with Gasteiger partial charge in [-0.2, -0.15) is 0 Å². The molecule has 1 aromatic heterocycles. The van der Waals surface area contributed by atoms with Gasteiger partial charge in [0.05, 0.1) is 6.42 Å². The minimum Gasteiger partial charge on any atom is -0.507 e. The van der Waals surface area contributed by atoms with E-state index in [0.717, 1.165) is 29.3 Å². The second-order valence-corrected chi connectivity index (χ2v) is 4.98. The molecule has 0 amide bonds. The highest BCUT2D eigenvalue weighted by Gasteiger charge is 2.35. The average molecular weight is 245 g/mol. The SMILES string of the molecule is O=C(O)CC(c1ccc2[nH]ccc2c1O)C1CC1. The number of carboxylic acid groups (broad SMARTS) is 1. The molecule has 1 atom stereocenters. The predicted octanol–water partition coefficient (Wildman–Crippen LogP) is 2.84. The van der Waals surface area contributed by atoms with Crippen LogP contribution in [-0.2, 0) is 4.79 Å². The topological polar surface area (TPSA) is 73.3 Å². The van der Waals surface area contributed by atoms with Crippen LogP contribution in [0.5, 0.6) is 5.75 Å². The Morgan fingerprint density at radius 3 is 2.83 bits per heavy atom. The molecule has 4 heteroatoms. The number of hydrogen-bond acceptors (Lipinski definition) is 2. The van der Waals surface area contributed by atoms with Crippen molar-refractivity contribution in [1.82, 2.24) is 4.98 Å². The van der Waals surface area contributed by atoms with E-state index < -0.39 is 5.97 Å². The van der Waals surface area contributed by atoms with Gasteiger partial charge in [0.1, 0.15) is 5.75 Å². The number of aromatic nitrogens is 1. The molecule has 0 radical (unpaired) electrons. The summed E-state index contributed by atoms with van der Waals surface area (Å²) in [5, 5.41) is 20.1. The van der Waals surface area contributed by atoms with Gasteiger partial charge >= 0.3 is 5.97 Å². The molecule has 0 saturated heterocycles. The van der Waals surface area contributed by atoms with Crippen LogP contribution in [0, 0.1) is 5.92 Å². The van der Waals surface area contributed by atoms with E-state index in [1.165, 1.54) is 0 Å². The van der Waals surface area contributed by atoms with E-state index in [1.807, 2.05) is 18.2 Å². The van der Waals surface area contributed by atoms with E-state index in [1.54, 1.807) is 6.20 Å². The molecule has 1 heterocycles. The summed E-state index contributed by atoms with van der Waals surface area (Å²) in [5.41, 5.74) is 1.65. The first-order chi connectivity index (χ1) is 8.66. The van der Waals surface area contributed by atoms with Crippen molar-refractivity contribution >= 4 is 16.9 Å². The minimum absolute atomic E-state index is 0.0678. The molecule has 1 aromatic carbocycles. The van der Waals surface area contributed by atoms with Crippen LogP contribution in [0.25, 0.3) is 10.9 Å². The number of aromatic amines is 1. The van der Waals surface area contributed by atoms with Gasteiger partial charge < -0.3 is 15.2 Å². The quantitative estimate of drug-likeness (QED) is 0.775. The lowest BCUT2D eigenvalue weighted by Gasteiger charge is -2.16. The van der Waals surface area contributed by atoms with E-state index in [0.29, 0.717) is 5.92 Å². The molecule has 1 aliphatic rings. The van der Waals surface area contributed by atoms with Gasteiger partial charge in [-0.3, -0.25) is 4.79 Å². The highest BCUT2D eigenvalue weighted by atomic mass is 16.4. The van der Waals surface area contributed by atoms with Crippen molar-refractivity contribution in [2.24, 2.45) is 5.92 Å². The maximum atomic E-state index is 11.0. The molecule has 0 aliphatic heterocycles. The third-order valence-electron chi connectivity index (χ3n) is 3.72. The van der Waals surface area contributed by atoms with Crippen LogP contribution in [0.1, 0.15) is 30.7 Å². The third kappa shape index (κ3) is 1.83.